The second kappa shape index (κ2) is 9.99. The van der Waals surface area contributed by atoms with Gasteiger partial charge in [0.1, 0.15) is 23.9 Å². The Labute approximate surface area is 227 Å². The third-order valence-electron chi connectivity index (χ3n) is 7.89. The highest BCUT2D eigenvalue weighted by atomic mass is 19.1. The predicted molar refractivity (Wildman–Crippen MR) is 145 cm³/mol. The number of carbonyl (C=O) groups is 3. The maximum Gasteiger partial charge on any atom is 0.246 e. The standard InChI is InChI=1S/C30H34FN5O3/c1-29(2,3)15-24(34-26(37)25(18-8-9-18)33-20-12-10-19(31)11-13-20)27(38)36-17-30(14-21(36)16-32)22-6-4-5-7-23(22)35-28(30)39/h4-7,10-13,18,21,24-25,33H,8-9,14-15,17H2,1-3H3,(H,34,37)(H,35,39)/t21-,24-,25?,30-/m0/s1. The zero-order valence-corrected chi connectivity index (χ0v) is 22.5. The van der Waals surface area contributed by atoms with Gasteiger partial charge in [0, 0.05) is 24.3 Å². The smallest absolute Gasteiger partial charge is 0.246 e. The molecule has 1 unspecified atom stereocenters. The van der Waals surface area contributed by atoms with E-state index >= 15 is 0 Å². The molecule has 2 aliphatic heterocycles. The summed E-state index contributed by atoms with van der Waals surface area (Å²) in [7, 11) is 0. The first-order chi connectivity index (χ1) is 18.5. The Kier molecular flexibility index (Phi) is 6.83. The molecule has 0 radical (unpaired) electrons. The van der Waals surface area contributed by atoms with Crippen LogP contribution in [0.3, 0.4) is 0 Å². The number of likely N-dealkylation sites (tertiary alicyclic amines) is 1. The summed E-state index contributed by atoms with van der Waals surface area (Å²) in [6, 6.07) is 13.2. The van der Waals surface area contributed by atoms with Crippen molar-refractivity contribution in [1.29, 1.82) is 5.26 Å². The molecule has 0 bridgehead atoms. The lowest BCUT2D eigenvalue weighted by atomic mass is 9.80. The maximum absolute atomic E-state index is 14.1. The lowest BCUT2D eigenvalue weighted by molar-refractivity contribution is -0.138. The normalized spacial score (nSPS) is 23.5. The first kappa shape index (κ1) is 26.7. The molecule has 9 heteroatoms. The van der Waals surface area contributed by atoms with Crippen molar-refractivity contribution in [2.24, 2.45) is 11.3 Å². The largest absolute Gasteiger partial charge is 0.373 e. The maximum atomic E-state index is 14.1. The molecule has 2 fully saturated rings. The Hall–Kier alpha value is -3.93. The Morgan fingerprint density at radius 3 is 2.51 bits per heavy atom. The van der Waals surface area contributed by atoms with Gasteiger partial charge in [0.2, 0.25) is 17.7 Å². The summed E-state index contributed by atoms with van der Waals surface area (Å²) in [6.07, 6.45) is 2.31. The van der Waals surface area contributed by atoms with Crippen molar-refractivity contribution in [3.05, 3.63) is 59.9 Å². The Morgan fingerprint density at radius 2 is 1.87 bits per heavy atom. The van der Waals surface area contributed by atoms with Crippen LogP contribution in [0.2, 0.25) is 0 Å². The average molecular weight is 532 g/mol. The lowest BCUT2D eigenvalue weighted by Gasteiger charge is -2.32. The number of nitriles is 1. The number of para-hydroxylation sites is 1. The molecule has 1 spiro atoms. The Balaban J connectivity index is 1.39. The van der Waals surface area contributed by atoms with Gasteiger partial charge in [-0.15, -0.1) is 0 Å². The molecule has 1 saturated carbocycles. The van der Waals surface area contributed by atoms with E-state index in [1.807, 2.05) is 45.0 Å². The van der Waals surface area contributed by atoms with Gasteiger partial charge >= 0.3 is 0 Å². The fourth-order valence-corrected chi connectivity index (χ4v) is 5.81. The van der Waals surface area contributed by atoms with Gasteiger partial charge in [-0.2, -0.15) is 5.26 Å². The summed E-state index contributed by atoms with van der Waals surface area (Å²) in [5, 5.41) is 19.1. The quantitative estimate of drug-likeness (QED) is 0.501. The average Bonchev–Trinajstić information content (AvgIpc) is 3.60. The van der Waals surface area contributed by atoms with Gasteiger partial charge in [-0.25, -0.2) is 4.39 Å². The van der Waals surface area contributed by atoms with Crippen LogP contribution >= 0.6 is 0 Å². The highest BCUT2D eigenvalue weighted by Crippen LogP contribution is 2.46. The van der Waals surface area contributed by atoms with E-state index < -0.39 is 23.5 Å². The number of hydrogen-bond acceptors (Lipinski definition) is 5. The van der Waals surface area contributed by atoms with Crippen LogP contribution in [0.1, 0.15) is 52.0 Å². The van der Waals surface area contributed by atoms with E-state index in [1.165, 1.54) is 17.0 Å². The summed E-state index contributed by atoms with van der Waals surface area (Å²) in [5.74, 6) is -1.14. The van der Waals surface area contributed by atoms with E-state index in [4.69, 9.17) is 0 Å². The van der Waals surface area contributed by atoms with Gasteiger partial charge in [0.15, 0.2) is 0 Å². The topological polar surface area (TPSA) is 114 Å². The molecule has 1 saturated heterocycles. The van der Waals surface area contributed by atoms with Gasteiger partial charge in [-0.05, 0) is 66.5 Å². The molecule has 2 aromatic carbocycles. The van der Waals surface area contributed by atoms with Crippen molar-refractivity contribution in [3.8, 4) is 6.07 Å². The molecule has 1 aliphatic carbocycles. The molecule has 3 amide bonds. The minimum atomic E-state index is -0.996. The number of benzene rings is 2. The first-order valence-electron chi connectivity index (χ1n) is 13.4. The van der Waals surface area contributed by atoms with Gasteiger partial charge in [-0.1, -0.05) is 39.0 Å². The van der Waals surface area contributed by atoms with Crippen molar-refractivity contribution in [2.75, 3.05) is 17.2 Å². The van der Waals surface area contributed by atoms with E-state index in [2.05, 4.69) is 22.0 Å². The lowest BCUT2D eigenvalue weighted by Crippen LogP contribution is -2.55. The summed E-state index contributed by atoms with van der Waals surface area (Å²) < 4.78 is 13.4. The van der Waals surface area contributed by atoms with E-state index in [-0.39, 0.29) is 47.8 Å². The molecular formula is C30H34FN5O3. The molecule has 39 heavy (non-hydrogen) atoms. The van der Waals surface area contributed by atoms with E-state index in [0.29, 0.717) is 17.8 Å². The minimum Gasteiger partial charge on any atom is -0.373 e. The highest BCUT2D eigenvalue weighted by molar-refractivity contribution is 6.07. The van der Waals surface area contributed by atoms with Crippen LogP contribution in [0.15, 0.2) is 48.5 Å². The number of hydrogen-bond donors (Lipinski definition) is 3. The van der Waals surface area contributed by atoms with Crippen molar-refractivity contribution in [1.82, 2.24) is 10.2 Å². The van der Waals surface area contributed by atoms with E-state index in [9.17, 15) is 24.0 Å². The fraction of sp³-hybridized carbons (Fsp3) is 0.467. The van der Waals surface area contributed by atoms with Crippen molar-refractivity contribution >= 4 is 29.1 Å². The van der Waals surface area contributed by atoms with Crippen LogP contribution in [-0.2, 0) is 19.8 Å². The minimum absolute atomic E-state index is 0.0727. The van der Waals surface area contributed by atoms with Crippen molar-refractivity contribution in [3.63, 3.8) is 0 Å². The molecule has 3 aliphatic rings. The number of halogens is 1. The van der Waals surface area contributed by atoms with Crippen molar-refractivity contribution < 1.29 is 18.8 Å². The number of amides is 3. The zero-order chi connectivity index (χ0) is 27.9. The number of carbonyl (C=O) groups excluding carboxylic acids is 3. The van der Waals surface area contributed by atoms with Crippen LogP contribution in [0.25, 0.3) is 0 Å². The number of anilines is 2. The Bertz CT molecular complexity index is 1330. The SMILES string of the molecule is CC(C)(C)C[C@H](NC(=O)C(Nc1ccc(F)cc1)C1CC1)C(=O)N1C[C@]2(C[C@H]1C#N)C(=O)Nc1ccccc12. The monoisotopic (exact) mass is 531 g/mol. The molecule has 2 heterocycles. The molecule has 8 nitrogen and oxygen atoms in total. The van der Waals surface area contributed by atoms with Crippen LogP contribution in [0, 0.1) is 28.5 Å². The third kappa shape index (κ3) is 5.33. The van der Waals surface area contributed by atoms with Gasteiger partial charge in [0.25, 0.3) is 0 Å². The highest BCUT2D eigenvalue weighted by Gasteiger charge is 2.56. The molecular weight excluding hydrogens is 497 g/mol. The molecule has 2 aromatic rings. The molecule has 5 rings (SSSR count). The first-order valence-corrected chi connectivity index (χ1v) is 13.4. The number of nitrogens with zero attached hydrogens (tertiary/aromatic N) is 2. The number of nitrogens with one attached hydrogen (secondary N) is 3. The summed E-state index contributed by atoms with van der Waals surface area (Å²) in [5.41, 5.74) is 0.818. The zero-order valence-electron chi connectivity index (χ0n) is 22.5. The second-order valence-electron chi connectivity index (χ2n) is 12.2. The van der Waals surface area contributed by atoms with Gasteiger partial charge in [-0.3, -0.25) is 14.4 Å². The molecule has 3 N–H and O–H groups in total. The van der Waals surface area contributed by atoms with E-state index in [0.717, 1.165) is 18.4 Å². The molecule has 4 atom stereocenters. The summed E-state index contributed by atoms with van der Waals surface area (Å²) in [6.45, 7) is 6.04. The fourth-order valence-electron chi connectivity index (χ4n) is 5.81. The Morgan fingerprint density at radius 1 is 1.18 bits per heavy atom. The van der Waals surface area contributed by atoms with E-state index in [1.54, 1.807) is 12.1 Å². The number of rotatable bonds is 7. The van der Waals surface area contributed by atoms with Crippen LogP contribution in [0.4, 0.5) is 15.8 Å². The van der Waals surface area contributed by atoms with Crippen LogP contribution in [-0.4, -0.2) is 47.3 Å². The van der Waals surface area contributed by atoms with Crippen LogP contribution in [0.5, 0.6) is 0 Å². The summed E-state index contributed by atoms with van der Waals surface area (Å²) in [4.78, 5) is 42.3. The van der Waals surface area contributed by atoms with Gasteiger partial charge in [0.05, 0.1) is 11.5 Å². The second-order valence-corrected chi connectivity index (χ2v) is 12.2. The predicted octanol–water partition coefficient (Wildman–Crippen LogP) is 3.95. The van der Waals surface area contributed by atoms with Gasteiger partial charge < -0.3 is 20.9 Å². The third-order valence-corrected chi connectivity index (χ3v) is 7.89. The van der Waals surface area contributed by atoms with Crippen LogP contribution < -0.4 is 16.0 Å². The molecule has 0 aromatic heterocycles. The molecule has 204 valence electrons. The number of fused-ring (bicyclic) bond motifs is 2. The summed E-state index contributed by atoms with van der Waals surface area (Å²) >= 11 is 0. The van der Waals surface area contributed by atoms with Crippen molar-refractivity contribution in [2.45, 2.75) is 70.0 Å².